The molecule has 170 valence electrons. The number of likely N-dealkylation sites (N-methyl/N-ethyl adjacent to an activating group) is 2. The van der Waals surface area contributed by atoms with Crippen molar-refractivity contribution in [1.29, 1.82) is 0 Å². The molecule has 1 aromatic carbocycles. The Kier molecular flexibility index (Phi) is 8.48. The van der Waals surface area contributed by atoms with Crippen molar-refractivity contribution < 1.29 is 0 Å². The van der Waals surface area contributed by atoms with Crippen LogP contribution in [0, 0.1) is 19.8 Å². The number of nitrogens with zero attached hydrogens (tertiary/aromatic N) is 2. The molecule has 3 unspecified atom stereocenters. The summed E-state index contributed by atoms with van der Waals surface area (Å²) in [6.45, 7) is 24.6. The van der Waals surface area contributed by atoms with Gasteiger partial charge in [0.25, 0.3) is 0 Å². The smallest absolute Gasteiger partial charge is 0.0583 e. The van der Waals surface area contributed by atoms with Gasteiger partial charge in [-0.25, -0.2) is 0 Å². The molecule has 1 aliphatic carbocycles. The number of benzene rings is 1. The Bertz CT molecular complexity index is 843. The minimum absolute atomic E-state index is 0.102. The average Bonchev–Trinajstić information content (AvgIpc) is 3.10. The van der Waals surface area contributed by atoms with Crippen LogP contribution in [0.1, 0.15) is 63.1 Å². The summed E-state index contributed by atoms with van der Waals surface area (Å²) >= 11 is 0. The van der Waals surface area contributed by atoms with Crippen molar-refractivity contribution in [2.24, 2.45) is 10.9 Å². The first-order valence-corrected chi connectivity index (χ1v) is 11.6. The maximum absolute atomic E-state index is 4.56. The molecule has 1 N–H and O–H groups in total. The zero-order valence-corrected chi connectivity index (χ0v) is 20.9. The maximum atomic E-state index is 4.56. The van der Waals surface area contributed by atoms with Crippen LogP contribution >= 0.6 is 0 Å². The van der Waals surface area contributed by atoms with Crippen LogP contribution in [-0.2, 0) is 5.41 Å². The predicted octanol–water partition coefficient (Wildman–Crippen LogP) is 6.34. The van der Waals surface area contributed by atoms with E-state index in [4.69, 9.17) is 0 Å². The molecular formula is C28H43N3. The van der Waals surface area contributed by atoms with Crippen LogP contribution in [-0.4, -0.2) is 38.3 Å². The summed E-state index contributed by atoms with van der Waals surface area (Å²) in [6, 6.07) is 7.41. The van der Waals surface area contributed by atoms with E-state index in [-0.39, 0.29) is 5.41 Å². The van der Waals surface area contributed by atoms with Gasteiger partial charge in [-0.05, 0) is 83.4 Å². The first kappa shape index (κ1) is 25.1. The van der Waals surface area contributed by atoms with Crippen molar-refractivity contribution in [2.45, 2.75) is 71.8 Å². The van der Waals surface area contributed by atoms with E-state index < -0.39 is 0 Å². The summed E-state index contributed by atoms with van der Waals surface area (Å²) < 4.78 is 0. The molecule has 0 aromatic heterocycles. The second-order valence-corrected chi connectivity index (χ2v) is 9.68. The molecule has 0 radical (unpaired) electrons. The molecule has 1 saturated carbocycles. The molecule has 3 heteroatoms. The zero-order chi connectivity index (χ0) is 23.3. The van der Waals surface area contributed by atoms with Crippen LogP contribution in [0.15, 0.2) is 58.9 Å². The minimum Gasteiger partial charge on any atom is -0.371 e. The Labute approximate surface area is 191 Å². The van der Waals surface area contributed by atoms with Crippen molar-refractivity contribution in [3.63, 3.8) is 0 Å². The molecule has 0 aliphatic heterocycles. The molecule has 0 saturated heterocycles. The van der Waals surface area contributed by atoms with E-state index >= 15 is 0 Å². The lowest BCUT2D eigenvalue weighted by atomic mass is 9.67. The lowest BCUT2D eigenvalue weighted by Gasteiger charge is -2.39. The summed E-state index contributed by atoms with van der Waals surface area (Å²) in [5.41, 5.74) is 8.42. The van der Waals surface area contributed by atoms with Crippen LogP contribution in [0.4, 0.5) is 0 Å². The standard InChI is InChI=1S/C28H43N3/c1-19-14-20(2)16-26(15-19)28(13-11-12-21(28)3)17-27(23(5)24(6)30-9)25(7)31(10)22(4)18-29-8/h14-16,21-22,29H,6-7,9,11-13,17-18H2,1-5,8,10H3/b27-23+. The Hall–Kier alpha value is -2.13. The van der Waals surface area contributed by atoms with E-state index in [1.807, 2.05) is 7.05 Å². The van der Waals surface area contributed by atoms with E-state index in [0.29, 0.717) is 12.0 Å². The summed E-state index contributed by atoms with van der Waals surface area (Å²) in [4.78, 5) is 6.47. The third kappa shape index (κ3) is 5.38. The topological polar surface area (TPSA) is 27.6 Å². The van der Waals surface area contributed by atoms with Crippen molar-refractivity contribution in [2.75, 3.05) is 20.6 Å². The van der Waals surface area contributed by atoms with E-state index in [9.17, 15) is 0 Å². The quantitative estimate of drug-likeness (QED) is 0.353. The largest absolute Gasteiger partial charge is 0.371 e. The van der Waals surface area contributed by atoms with E-state index in [2.05, 4.69) is 94.9 Å². The second-order valence-electron chi connectivity index (χ2n) is 9.68. The lowest BCUT2D eigenvalue weighted by Crippen LogP contribution is -2.38. The van der Waals surface area contributed by atoms with Gasteiger partial charge in [0.05, 0.1) is 5.70 Å². The third-order valence-electron chi connectivity index (χ3n) is 7.50. The van der Waals surface area contributed by atoms with Gasteiger partial charge in [-0.15, -0.1) is 0 Å². The van der Waals surface area contributed by atoms with Crippen LogP contribution < -0.4 is 5.32 Å². The number of hydrogen-bond acceptors (Lipinski definition) is 3. The van der Waals surface area contributed by atoms with Crippen LogP contribution in [0.5, 0.6) is 0 Å². The summed E-state index contributed by atoms with van der Waals surface area (Å²) in [7, 11) is 4.14. The Morgan fingerprint density at radius 1 is 1.26 bits per heavy atom. The molecule has 0 amide bonds. The van der Waals surface area contributed by atoms with Gasteiger partial charge in [-0.1, -0.05) is 55.8 Å². The maximum Gasteiger partial charge on any atom is 0.0583 e. The van der Waals surface area contributed by atoms with Gasteiger partial charge >= 0.3 is 0 Å². The highest BCUT2D eigenvalue weighted by Crippen LogP contribution is 2.51. The molecule has 3 nitrogen and oxygen atoms in total. The minimum atomic E-state index is 0.102. The highest BCUT2D eigenvalue weighted by atomic mass is 15.2. The van der Waals surface area contributed by atoms with Crippen LogP contribution in [0.25, 0.3) is 0 Å². The van der Waals surface area contributed by atoms with E-state index in [1.54, 1.807) is 0 Å². The van der Waals surface area contributed by atoms with Crippen molar-refractivity contribution in [1.82, 2.24) is 10.2 Å². The molecule has 1 aromatic rings. The van der Waals surface area contributed by atoms with Crippen molar-refractivity contribution >= 4 is 6.72 Å². The zero-order valence-electron chi connectivity index (χ0n) is 20.9. The molecule has 3 atom stereocenters. The molecule has 1 fully saturated rings. The average molecular weight is 422 g/mol. The summed E-state index contributed by atoms with van der Waals surface area (Å²) in [6.07, 6.45) is 4.68. The SMILES string of the molecule is C=NC(=C)/C(C)=C(\CC1(c2cc(C)cc(C)c2)CCCC1C)C(=C)N(C)C(C)CNC. The number of aliphatic imine (C=N–C) groups is 1. The van der Waals surface area contributed by atoms with Gasteiger partial charge in [0.1, 0.15) is 0 Å². The number of rotatable bonds is 10. The third-order valence-corrected chi connectivity index (χ3v) is 7.50. The fourth-order valence-electron chi connectivity index (χ4n) is 5.27. The van der Waals surface area contributed by atoms with Crippen molar-refractivity contribution in [3.8, 4) is 0 Å². The van der Waals surface area contributed by atoms with Crippen molar-refractivity contribution in [3.05, 3.63) is 70.6 Å². The number of nitrogens with one attached hydrogen (secondary N) is 1. The molecule has 0 heterocycles. The Morgan fingerprint density at radius 2 is 1.87 bits per heavy atom. The normalized spacial score (nSPS) is 22.6. The monoisotopic (exact) mass is 421 g/mol. The Balaban J connectivity index is 2.60. The fraction of sp³-hybridized carbons (Fsp3) is 0.536. The number of aryl methyl sites for hydroxylation is 2. The Morgan fingerprint density at radius 3 is 2.35 bits per heavy atom. The van der Waals surface area contributed by atoms with Gasteiger partial charge < -0.3 is 10.2 Å². The summed E-state index contributed by atoms with van der Waals surface area (Å²) in [5.74, 6) is 0.606. The molecule has 1 aliphatic rings. The first-order valence-electron chi connectivity index (χ1n) is 11.6. The van der Waals surface area contributed by atoms with Gasteiger partial charge in [-0.2, -0.15) is 0 Å². The molecule has 0 bridgehead atoms. The van der Waals surface area contributed by atoms with E-state index in [0.717, 1.165) is 29.9 Å². The second kappa shape index (κ2) is 10.5. The number of allylic oxidation sites excluding steroid dienone is 2. The highest BCUT2D eigenvalue weighted by molar-refractivity contribution is 5.47. The van der Waals surface area contributed by atoms with Gasteiger partial charge in [0.15, 0.2) is 0 Å². The first-order chi connectivity index (χ1) is 14.6. The molecule has 0 spiro atoms. The number of hydrogen-bond donors (Lipinski definition) is 1. The van der Waals surface area contributed by atoms with E-state index in [1.165, 1.54) is 41.5 Å². The van der Waals surface area contributed by atoms with Gasteiger partial charge in [-0.3, -0.25) is 4.99 Å². The van der Waals surface area contributed by atoms with Crippen LogP contribution in [0.3, 0.4) is 0 Å². The lowest BCUT2D eigenvalue weighted by molar-refractivity contribution is 0.300. The fourth-order valence-corrected chi connectivity index (χ4v) is 5.27. The molecule has 31 heavy (non-hydrogen) atoms. The van der Waals surface area contributed by atoms with Crippen LogP contribution in [0.2, 0.25) is 0 Å². The van der Waals surface area contributed by atoms with Gasteiger partial charge in [0, 0.05) is 30.7 Å². The highest BCUT2D eigenvalue weighted by Gasteiger charge is 2.43. The molecule has 2 rings (SSSR count). The van der Waals surface area contributed by atoms with Gasteiger partial charge in [0.2, 0.25) is 0 Å². The summed E-state index contributed by atoms with van der Waals surface area (Å²) in [5, 5.41) is 3.29. The predicted molar refractivity (Wildman–Crippen MR) is 137 cm³/mol. The molecular weight excluding hydrogens is 378 g/mol.